The Morgan fingerprint density at radius 2 is 1.68 bits per heavy atom. The maximum atomic E-state index is 12.4. The molecule has 1 aromatic carbocycles. The van der Waals surface area contributed by atoms with Crippen LogP contribution in [0.2, 0.25) is 0 Å². The Hall–Kier alpha value is -2.96. The standard InChI is InChI=1S/C18H23N3O4/c1-21(10-7-13-5-8-19-9-6-13)18(22)20-14-11-15(23-2)17(25-4)16(12-14)24-3/h5-6,8-9,11-12H,7,10H2,1-4H3,(H,20,22). The van der Waals surface area contributed by atoms with E-state index in [-0.39, 0.29) is 6.03 Å². The SMILES string of the molecule is COc1cc(NC(=O)N(C)CCc2ccncc2)cc(OC)c1OC. The molecule has 7 heteroatoms. The maximum Gasteiger partial charge on any atom is 0.321 e. The monoisotopic (exact) mass is 345 g/mol. The van der Waals surface area contributed by atoms with Gasteiger partial charge in [-0.05, 0) is 24.1 Å². The summed E-state index contributed by atoms with van der Waals surface area (Å²) < 4.78 is 15.9. The molecule has 1 heterocycles. The summed E-state index contributed by atoms with van der Waals surface area (Å²) in [5.41, 5.74) is 1.69. The van der Waals surface area contributed by atoms with Gasteiger partial charge in [0.15, 0.2) is 11.5 Å². The minimum atomic E-state index is -0.219. The first-order chi connectivity index (χ1) is 12.1. The molecule has 2 aromatic rings. The molecule has 0 saturated carbocycles. The van der Waals surface area contributed by atoms with E-state index in [9.17, 15) is 4.79 Å². The van der Waals surface area contributed by atoms with Crippen LogP contribution >= 0.6 is 0 Å². The van der Waals surface area contributed by atoms with Gasteiger partial charge in [0.05, 0.1) is 27.0 Å². The average molecular weight is 345 g/mol. The smallest absolute Gasteiger partial charge is 0.321 e. The van der Waals surface area contributed by atoms with E-state index in [1.807, 2.05) is 12.1 Å². The number of rotatable bonds is 7. The number of hydrogen-bond acceptors (Lipinski definition) is 5. The lowest BCUT2D eigenvalue weighted by atomic mass is 10.2. The molecular weight excluding hydrogens is 322 g/mol. The summed E-state index contributed by atoms with van der Waals surface area (Å²) in [7, 11) is 6.34. The first kappa shape index (κ1) is 18.4. The predicted molar refractivity (Wildman–Crippen MR) is 95.7 cm³/mol. The number of amides is 2. The van der Waals surface area contributed by atoms with E-state index >= 15 is 0 Å². The van der Waals surface area contributed by atoms with Crippen molar-refractivity contribution in [1.29, 1.82) is 0 Å². The molecule has 134 valence electrons. The number of anilines is 1. The highest BCUT2D eigenvalue weighted by Gasteiger charge is 2.15. The van der Waals surface area contributed by atoms with Crippen LogP contribution in [0.3, 0.4) is 0 Å². The number of likely N-dealkylation sites (N-methyl/N-ethyl adjacent to an activating group) is 1. The van der Waals surface area contributed by atoms with E-state index in [1.54, 1.807) is 36.5 Å². The Morgan fingerprint density at radius 1 is 1.08 bits per heavy atom. The molecule has 25 heavy (non-hydrogen) atoms. The fourth-order valence-electron chi connectivity index (χ4n) is 2.32. The molecule has 1 aromatic heterocycles. The van der Waals surface area contributed by atoms with Gasteiger partial charge in [0.2, 0.25) is 5.75 Å². The summed E-state index contributed by atoms with van der Waals surface area (Å²) in [6.07, 6.45) is 4.23. The second-order valence-corrected chi connectivity index (χ2v) is 5.37. The molecular formula is C18H23N3O4. The Balaban J connectivity index is 2.04. The van der Waals surface area contributed by atoms with Gasteiger partial charge >= 0.3 is 6.03 Å². The highest BCUT2D eigenvalue weighted by molar-refractivity contribution is 5.90. The summed E-state index contributed by atoms with van der Waals surface area (Å²) in [5, 5.41) is 2.84. The third-order valence-electron chi connectivity index (χ3n) is 3.75. The normalized spacial score (nSPS) is 10.1. The average Bonchev–Trinajstić information content (AvgIpc) is 2.65. The molecule has 0 atom stereocenters. The van der Waals surface area contributed by atoms with Crippen molar-refractivity contribution in [2.24, 2.45) is 0 Å². The molecule has 0 unspecified atom stereocenters. The zero-order valence-corrected chi connectivity index (χ0v) is 14.9. The number of pyridine rings is 1. The second-order valence-electron chi connectivity index (χ2n) is 5.37. The third kappa shape index (κ3) is 4.76. The Labute approximate surface area is 147 Å². The molecule has 1 N–H and O–H groups in total. The summed E-state index contributed by atoms with van der Waals surface area (Å²) >= 11 is 0. The van der Waals surface area contributed by atoms with Crippen LogP contribution in [0.15, 0.2) is 36.7 Å². The molecule has 7 nitrogen and oxygen atoms in total. The van der Waals surface area contributed by atoms with Gasteiger partial charge < -0.3 is 24.4 Å². The molecule has 2 rings (SSSR count). The predicted octanol–water partition coefficient (Wildman–Crippen LogP) is 2.81. The number of urea groups is 1. The van der Waals surface area contributed by atoms with E-state index in [4.69, 9.17) is 14.2 Å². The highest BCUT2D eigenvalue weighted by atomic mass is 16.5. The number of hydrogen-bond donors (Lipinski definition) is 1. The van der Waals surface area contributed by atoms with Gasteiger partial charge in [-0.2, -0.15) is 0 Å². The molecule has 2 amide bonds. The zero-order valence-electron chi connectivity index (χ0n) is 14.9. The number of carbonyl (C=O) groups is 1. The number of methoxy groups -OCH3 is 3. The van der Waals surface area contributed by atoms with Crippen molar-refractivity contribution in [3.63, 3.8) is 0 Å². The van der Waals surface area contributed by atoms with Crippen LogP contribution in [-0.2, 0) is 6.42 Å². The molecule has 0 fully saturated rings. The lowest BCUT2D eigenvalue weighted by Crippen LogP contribution is -2.33. The first-order valence-corrected chi connectivity index (χ1v) is 7.80. The van der Waals surface area contributed by atoms with Gasteiger partial charge in [0.1, 0.15) is 0 Å². The van der Waals surface area contributed by atoms with E-state index in [0.29, 0.717) is 29.5 Å². The van der Waals surface area contributed by atoms with E-state index in [1.165, 1.54) is 21.3 Å². The van der Waals surface area contributed by atoms with Crippen LogP contribution in [0.1, 0.15) is 5.56 Å². The van der Waals surface area contributed by atoms with Crippen molar-refractivity contribution in [3.05, 3.63) is 42.2 Å². The minimum Gasteiger partial charge on any atom is -0.493 e. The highest BCUT2D eigenvalue weighted by Crippen LogP contribution is 2.39. The van der Waals surface area contributed by atoms with Crippen LogP contribution in [0.4, 0.5) is 10.5 Å². The fourth-order valence-corrected chi connectivity index (χ4v) is 2.32. The van der Waals surface area contributed by atoms with Crippen molar-refractivity contribution in [2.45, 2.75) is 6.42 Å². The number of benzene rings is 1. The molecule has 0 saturated heterocycles. The minimum absolute atomic E-state index is 0.219. The van der Waals surface area contributed by atoms with Gasteiger partial charge in [0.25, 0.3) is 0 Å². The fraction of sp³-hybridized carbons (Fsp3) is 0.333. The summed E-state index contributed by atoms with van der Waals surface area (Å²) in [6, 6.07) is 7.03. The van der Waals surface area contributed by atoms with Gasteiger partial charge in [-0.3, -0.25) is 4.98 Å². The summed E-state index contributed by atoms with van der Waals surface area (Å²) in [5.74, 6) is 1.45. The van der Waals surface area contributed by atoms with E-state index in [2.05, 4.69) is 10.3 Å². The number of aromatic nitrogens is 1. The van der Waals surface area contributed by atoms with Crippen LogP contribution in [0.25, 0.3) is 0 Å². The molecule has 0 aliphatic rings. The molecule has 0 aliphatic heterocycles. The van der Waals surface area contributed by atoms with Crippen LogP contribution in [-0.4, -0.2) is 50.8 Å². The van der Waals surface area contributed by atoms with Crippen molar-refractivity contribution >= 4 is 11.7 Å². The van der Waals surface area contributed by atoms with Crippen molar-refractivity contribution < 1.29 is 19.0 Å². The molecule has 0 radical (unpaired) electrons. The molecule has 0 spiro atoms. The summed E-state index contributed by atoms with van der Waals surface area (Å²) in [6.45, 7) is 0.584. The van der Waals surface area contributed by atoms with Crippen molar-refractivity contribution in [2.75, 3.05) is 40.2 Å². The van der Waals surface area contributed by atoms with Gasteiger partial charge in [-0.25, -0.2) is 4.79 Å². The number of nitrogens with zero attached hydrogens (tertiary/aromatic N) is 2. The quantitative estimate of drug-likeness (QED) is 0.835. The van der Waals surface area contributed by atoms with Crippen LogP contribution in [0.5, 0.6) is 17.2 Å². The van der Waals surface area contributed by atoms with Gasteiger partial charge in [0, 0.05) is 38.1 Å². The van der Waals surface area contributed by atoms with Crippen molar-refractivity contribution in [1.82, 2.24) is 9.88 Å². The Morgan fingerprint density at radius 3 is 2.20 bits per heavy atom. The summed E-state index contributed by atoms with van der Waals surface area (Å²) in [4.78, 5) is 18.0. The Kier molecular flexibility index (Phi) is 6.45. The molecule has 0 aliphatic carbocycles. The third-order valence-corrected chi connectivity index (χ3v) is 3.75. The lowest BCUT2D eigenvalue weighted by Gasteiger charge is -2.19. The number of carbonyl (C=O) groups excluding carboxylic acids is 1. The zero-order chi connectivity index (χ0) is 18.2. The Bertz CT molecular complexity index is 682. The van der Waals surface area contributed by atoms with E-state index < -0.39 is 0 Å². The largest absolute Gasteiger partial charge is 0.493 e. The molecule has 0 bridgehead atoms. The second kappa shape index (κ2) is 8.77. The van der Waals surface area contributed by atoms with Gasteiger partial charge in [-0.15, -0.1) is 0 Å². The topological polar surface area (TPSA) is 72.9 Å². The van der Waals surface area contributed by atoms with Gasteiger partial charge in [-0.1, -0.05) is 0 Å². The van der Waals surface area contributed by atoms with Crippen LogP contribution in [0, 0.1) is 0 Å². The van der Waals surface area contributed by atoms with E-state index in [0.717, 1.165) is 12.0 Å². The number of nitrogens with one attached hydrogen (secondary N) is 1. The van der Waals surface area contributed by atoms with Crippen molar-refractivity contribution in [3.8, 4) is 17.2 Å². The lowest BCUT2D eigenvalue weighted by molar-refractivity contribution is 0.223. The first-order valence-electron chi connectivity index (χ1n) is 7.80. The van der Waals surface area contributed by atoms with Crippen LogP contribution < -0.4 is 19.5 Å². The maximum absolute atomic E-state index is 12.4. The number of ether oxygens (including phenoxy) is 3.